The molecule has 0 amide bonds. The molecular weight excluding hydrogens is 330 g/mol. The van der Waals surface area contributed by atoms with Crippen molar-refractivity contribution in [1.82, 2.24) is 4.57 Å². The van der Waals surface area contributed by atoms with E-state index in [1.165, 1.54) is 0 Å². The van der Waals surface area contributed by atoms with Crippen LogP contribution >= 0.6 is 0 Å². The lowest BCUT2D eigenvalue weighted by atomic mass is 10.0. The molecular formula is C21H19NO4. The minimum atomic E-state index is -0.209. The Kier molecular flexibility index (Phi) is 3.58. The average molecular weight is 349 g/mol. The van der Waals surface area contributed by atoms with Gasteiger partial charge in [-0.2, -0.15) is 0 Å². The lowest BCUT2D eigenvalue weighted by molar-refractivity contribution is 0.304. The van der Waals surface area contributed by atoms with Gasteiger partial charge in [0, 0.05) is 10.9 Å². The predicted octanol–water partition coefficient (Wildman–Crippen LogP) is 3.49. The second kappa shape index (κ2) is 5.97. The van der Waals surface area contributed by atoms with Crippen molar-refractivity contribution in [3.05, 3.63) is 75.6 Å². The van der Waals surface area contributed by atoms with E-state index in [-0.39, 0.29) is 17.9 Å². The lowest BCUT2D eigenvalue weighted by Crippen LogP contribution is -2.23. The van der Waals surface area contributed by atoms with Crippen molar-refractivity contribution in [3.8, 4) is 5.75 Å². The molecule has 2 saturated heterocycles. The van der Waals surface area contributed by atoms with Gasteiger partial charge in [0.25, 0.3) is 5.56 Å². The standard InChI is InChI=1S/C21H19NO4/c1-13-9-16-15(18-11-25-18)7-8-17(24-10-14-5-3-2-4-6-14)20(16)22(21(13)23)19-12-26-19/h2-9,18-19H,10-12H2,1H3. The van der Waals surface area contributed by atoms with Crippen LogP contribution in [0.1, 0.15) is 29.0 Å². The number of aryl methyl sites for hydroxylation is 1. The molecule has 0 radical (unpaired) electrons. The zero-order chi connectivity index (χ0) is 17.7. The van der Waals surface area contributed by atoms with Crippen LogP contribution < -0.4 is 10.3 Å². The first-order chi connectivity index (χ1) is 12.7. The van der Waals surface area contributed by atoms with Crippen molar-refractivity contribution in [2.75, 3.05) is 13.2 Å². The van der Waals surface area contributed by atoms with Crippen LogP contribution in [0.4, 0.5) is 0 Å². The molecule has 2 unspecified atom stereocenters. The van der Waals surface area contributed by atoms with Crippen molar-refractivity contribution in [2.45, 2.75) is 25.9 Å². The van der Waals surface area contributed by atoms with Crippen LogP contribution in [0.25, 0.3) is 10.9 Å². The number of rotatable bonds is 5. The van der Waals surface area contributed by atoms with E-state index in [4.69, 9.17) is 14.2 Å². The number of benzene rings is 2. The smallest absolute Gasteiger partial charge is 0.256 e. The number of pyridine rings is 1. The maximum absolute atomic E-state index is 12.8. The van der Waals surface area contributed by atoms with E-state index in [0.717, 1.165) is 28.6 Å². The molecule has 2 aromatic carbocycles. The molecule has 5 nitrogen and oxygen atoms in total. The Labute approximate surface area is 150 Å². The summed E-state index contributed by atoms with van der Waals surface area (Å²) in [4.78, 5) is 12.8. The van der Waals surface area contributed by atoms with Gasteiger partial charge >= 0.3 is 0 Å². The predicted molar refractivity (Wildman–Crippen MR) is 97.4 cm³/mol. The van der Waals surface area contributed by atoms with Crippen LogP contribution in [0, 0.1) is 6.92 Å². The van der Waals surface area contributed by atoms with Crippen molar-refractivity contribution in [2.24, 2.45) is 0 Å². The Hall–Kier alpha value is -2.63. The third-order valence-corrected chi connectivity index (χ3v) is 4.89. The third kappa shape index (κ3) is 2.69. The van der Waals surface area contributed by atoms with Crippen LogP contribution in [0.3, 0.4) is 0 Å². The summed E-state index contributed by atoms with van der Waals surface area (Å²) in [6.07, 6.45) is -0.106. The van der Waals surface area contributed by atoms with Crippen molar-refractivity contribution in [3.63, 3.8) is 0 Å². The molecule has 0 aliphatic carbocycles. The maximum atomic E-state index is 12.8. The number of hydrogen-bond donors (Lipinski definition) is 0. The number of nitrogens with zero attached hydrogens (tertiary/aromatic N) is 1. The number of hydrogen-bond acceptors (Lipinski definition) is 4. The Morgan fingerprint density at radius 1 is 1.12 bits per heavy atom. The SMILES string of the molecule is Cc1cc2c(C3CO3)ccc(OCc3ccccc3)c2n(C2CO2)c1=O. The Balaban J connectivity index is 1.67. The molecule has 132 valence electrons. The van der Waals surface area contributed by atoms with Gasteiger partial charge in [-0.15, -0.1) is 0 Å². The molecule has 2 aliphatic rings. The van der Waals surface area contributed by atoms with Gasteiger partial charge in [0.2, 0.25) is 0 Å². The summed E-state index contributed by atoms with van der Waals surface area (Å²) in [5, 5.41) is 1.01. The van der Waals surface area contributed by atoms with E-state index in [9.17, 15) is 4.79 Å². The molecule has 5 rings (SSSR count). The van der Waals surface area contributed by atoms with Gasteiger partial charge in [0.1, 0.15) is 18.5 Å². The van der Waals surface area contributed by atoms with Gasteiger partial charge in [0.05, 0.1) is 18.7 Å². The van der Waals surface area contributed by atoms with Gasteiger partial charge in [-0.05, 0) is 30.2 Å². The van der Waals surface area contributed by atoms with Crippen LogP contribution in [-0.2, 0) is 16.1 Å². The molecule has 3 aromatic rings. The highest BCUT2D eigenvalue weighted by Crippen LogP contribution is 2.40. The van der Waals surface area contributed by atoms with Crippen LogP contribution in [-0.4, -0.2) is 17.8 Å². The van der Waals surface area contributed by atoms with E-state index in [0.29, 0.717) is 24.5 Å². The molecule has 2 fully saturated rings. The number of aromatic nitrogens is 1. The molecule has 2 atom stereocenters. The summed E-state index contributed by atoms with van der Waals surface area (Å²) in [5.41, 5.74) is 3.66. The van der Waals surface area contributed by atoms with Gasteiger partial charge in [-0.3, -0.25) is 9.36 Å². The minimum absolute atomic E-state index is 0.0292. The lowest BCUT2D eigenvalue weighted by Gasteiger charge is -2.16. The van der Waals surface area contributed by atoms with Gasteiger partial charge < -0.3 is 14.2 Å². The number of ether oxygens (including phenoxy) is 3. The average Bonchev–Trinajstić information content (AvgIpc) is 3.55. The molecule has 0 bridgehead atoms. The Bertz CT molecular complexity index is 1030. The second-order valence-electron chi connectivity index (χ2n) is 6.80. The summed E-state index contributed by atoms with van der Waals surface area (Å²) < 4.78 is 18.8. The molecule has 26 heavy (non-hydrogen) atoms. The van der Waals surface area contributed by atoms with Gasteiger partial charge in [0.15, 0.2) is 6.23 Å². The first kappa shape index (κ1) is 15.6. The summed E-state index contributed by atoms with van der Waals surface area (Å²) in [6, 6.07) is 15.9. The summed E-state index contributed by atoms with van der Waals surface area (Å²) in [5.74, 6) is 0.695. The molecule has 3 heterocycles. The van der Waals surface area contributed by atoms with E-state index >= 15 is 0 Å². The Morgan fingerprint density at radius 3 is 2.58 bits per heavy atom. The first-order valence-electron chi connectivity index (χ1n) is 8.81. The summed E-state index contributed by atoms with van der Waals surface area (Å²) >= 11 is 0. The Morgan fingerprint density at radius 2 is 1.88 bits per heavy atom. The number of epoxide rings is 2. The molecule has 1 aromatic heterocycles. The van der Waals surface area contributed by atoms with Crippen molar-refractivity contribution in [1.29, 1.82) is 0 Å². The number of fused-ring (bicyclic) bond motifs is 1. The zero-order valence-electron chi connectivity index (χ0n) is 14.5. The van der Waals surface area contributed by atoms with Gasteiger partial charge in [-0.1, -0.05) is 36.4 Å². The monoisotopic (exact) mass is 349 g/mol. The summed E-state index contributed by atoms with van der Waals surface area (Å²) in [6.45, 7) is 3.57. The highest BCUT2D eigenvalue weighted by atomic mass is 16.6. The highest BCUT2D eigenvalue weighted by molar-refractivity contribution is 5.89. The quantitative estimate of drug-likeness (QED) is 0.662. The van der Waals surface area contributed by atoms with E-state index in [1.54, 1.807) is 4.57 Å². The third-order valence-electron chi connectivity index (χ3n) is 4.89. The fourth-order valence-electron chi connectivity index (χ4n) is 3.40. The second-order valence-corrected chi connectivity index (χ2v) is 6.80. The van der Waals surface area contributed by atoms with Gasteiger partial charge in [-0.25, -0.2) is 0 Å². The first-order valence-corrected chi connectivity index (χ1v) is 8.81. The van der Waals surface area contributed by atoms with Crippen molar-refractivity contribution < 1.29 is 14.2 Å². The minimum Gasteiger partial charge on any atom is -0.487 e. The maximum Gasteiger partial charge on any atom is 0.256 e. The van der Waals surface area contributed by atoms with E-state index in [1.807, 2.05) is 55.5 Å². The zero-order valence-corrected chi connectivity index (χ0v) is 14.5. The molecule has 0 spiro atoms. The van der Waals surface area contributed by atoms with E-state index < -0.39 is 0 Å². The fourth-order valence-corrected chi connectivity index (χ4v) is 3.40. The topological polar surface area (TPSA) is 56.3 Å². The van der Waals surface area contributed by atoms with E-state index in [2.05, 4.69) is 0 Å². The molecule has 0 N–H and O–H groups in total. The van der Waals surface area contributed by atoms with Crippen LogP contribution in [0.5, 0.6) is 5.75 Å². The van der Waals surface area contributed by atoms with Crippen LogP contribution in [0.2, 0.25) is 0 Å². The summed E-state index contributed by atoms with van der Waals surface area (Å²) in [7, 11) is 0. The molecule has 5 heteroatoms. The molecule has 0 saturated carbocycles. The molecule has 2 aliphatic heterocycles. The highest BCUT2D eigenvalue weighted by Gasteiger charge is 2.32. The van der Waals surface area contributed by atoms with Crippen molar-refractivity contribution >= 4 is 10.9 Å². The van der Waals surface area contributed by atoms with Crippen LogP contribution in [0.15, 0.2) is 53.3 Å². The fraction of sp³-hybridized carbons (Fsp3) is 0.286. The normalized spacial score (nSPS) is 21.0. The largest absolute Gasteiger partial charge is 0.487 e.